The minimum atomic E-state index is -0.359. The number of hydrogen-bond donors (Lipinski definition) is 1. The van der Waals surface area contributed by atoms with Gasteiger partial charge in [-0.2, -0.15) is 0 Å². The molecule has 2 fully saturated rings. The lowest BCUT2D eigenvalue weighted by Gasteiger charge is -2.29. The normalized spacial score (nSPS) is 20.2. The fourth-order valence-corrected chi connectivity index (χ4v) is 6.46. The van der Waals surface area contributed by atoms with E-state index < -0.39 is 0 Å². The molecule has 0 bridgehead atoms. The molecule has 1 N–H and O–H groups in total. The number of amides is 3. The second-order valence-corrected chi connectivity index (χ2v) is 10.6. The largest absolute Gasteiger partial charge is 0.494 e. The van der Waals surface area contributed by atoms with Gasteiger partial charge in [0.2, 0.25) is 5.91 Å². The van der Waals surface area contributed by atoms with Crippen molar-refractivity contribution >= 4 is 63.0 Å². The van der Waals surface area contributed by atoms with Gasteiger partial charge in [0.25, 0.3) is 11.8 Å². The Hall–Kier alpha value is -3.17. The van der Waals surface area contributed by atoms with Crippen molar-refractivity contribution in [1.82, 2.24) is 4.90 Å². The van der Waals surface area contributed by atoms with E-state index >= 15 is 0 Å². The van der Waals surface area contributed by atoms with Gasteiger partial charge in [-0.25, -0.2) is 0 Å². The molecule has 7 nitrogen and oxygen atoms in total. The summed E-state index contributed by atoms with van der Waals surface area (Å²) < 4.78 is 5.94. The van der Waals surface area contributed by atoms with Crippen LogP contribution in [0.2, 0.25) is 0 Å². The number of thiocarbonyl (C=S) groups is 1. The molecule has 0 radical (unpaired) electrons. The molecule has 2 aromatic rings. The predicted octanol–water partition coefficient (Wildman–Crippen LogP) is 4.97. The Balaban J connectivity index is 1.38. The van der Waals surface area contributed by atoms with Crippen LogP contribution >= 0.6 is 24.0 Å². The number of carbonyl (C=O) groups excluding carboxylic acids is 3. The zero-order valence-corrected chi connectivity index (χ0v) is 21.6. The molecule has 9 heteroatoms. The van der Waals surface area contributed by atoms with Gasteiger partial charge in [-0.15, -0.1) is 0 Å². The maximum atomic E-state index is 13.6. The summed E-state index contributed by atoms with van der Waals surface area (Å²) in [6.45, 7) is 2.29. The first-order valence-electron chi connectivity index (χ1n) is 12.2. The zero-order valence-electron chi connectivity index (χ0n) is 20.0. The fraction of sp³-hybridized carbons (Fsp3) is 0.333. The summed E-state index contributed by atoms with van der Waals surface area (Å²) in [6, 6.07) is 14.4. The average Bonchev–Trinajstić information content (AvgIpc) is 3.32. The molecule has 0 unspecified atom stereocenters. The number of hydrogen-bond acceptors (Lipinski definition) is 6. The lowest BCUT2D eigenvalue weighted by molar-refractivity contribution is -0.124. The molecule has 0 aromatic heterocycles. The highest BCUT2D eigenvalue weighted by molar-refractivity contribution is 8.26. The smallest absolute Gasteiger partial charge is 0.267 e. The van der Waals surface area contributed by atoms with Crippen LogP contribution in [0.4, 0.5) is 11.4 Å². The fourth-order valence-electron chi connectivity index (χ4n) is 4.99. The second kappa shape index (κ2) is 10.4. The van der Waals surface area contributed by atoms with Gasteiger partial charge in [-0.1, -0.05) is 61.4 Å². The van der Waals surface area contributed by atoms with Crippen LogP contribution in [0, 0.1) is 0 Å². The van der Waals surface area contributed by atoms with Gasteiger partial charge in [0.1, 0.15) is 16.6 Å². The van der Waals surface area contributed by atoms with E-state index in [0.29, 0.717) is 44.1 Å². The number of ether oxygens (including phenoxy) is 1. The number of fused-ring (bicyclic) bond motifs is 1. The van der Waals surface area contributed by atoms with Gasteiger partial charge in [0.15, 0.2) is 0 Å². The molecule has 1 saturated carbocycles. The maximum Gasteiger partial charge on any atom is 0.267 e. The quantitative estimate of drug-likeness (QED) is 0.427. The molecule has 0 atom stereocenters. The lowest BCUT2D eigenvalue weighted by Crippen LogP contribution is -2.40. The summed E-state index contributed by atoms with van der Waals surface area (Å²) in [5.41, 5.74) is 2.20. The summed E-state index contributed by atoms with van der Waals surface area (Å²) in [5.74, 6) is -0.175. The number of rotatable bonds is 6. The second-order valence-electron chi connectivity index (χ2n) is 8.95. The van der Waals surface area contributed by atoms with Crippen LogP contribution in [0.1, 0.15) is 44.6 Å². The van der Waals surface area contributed by atoms with E-state index in [1.54, 1.807) is 35.2 Å². The van der Waals surface area contributed by atoms with Crippen LogP contribution in [-0.4, -0.2) is 46.1 Å². The van der Waals surface area contributed by atoms with Crippen molar-refractivity contribution in [3.63, 3.8) is 0 Å². The number of carbonyl (C=O) groups is 3. The highest BCUT2D eigenvalue weighted by Gasteiger charge is 2.44. The molecule has 2 heterocycles. The molecule has 2 aliphatic heterocycles. The Morgan fingerprint density at radius 3 is 2.50 bits per heavy atom. The van der Waals surface area contributed by atoms with E-state index in [0.717, 1.165) is 25.7 Å². The van der Waals surface area contributed by atoms with Crippen molar-refractivity contribution in [2.24, 2.45) is 0 Å². The molecule has 3 amide bonds. The first-order chi connectivity index (χ1) is 17.5. The summed E-state index contributed by atoms with van der Waals surface area (Å²) in [6.07, 6.45) is 5.18. The minimum absolute atomic E-state index is 0.0899. The van der Waals surface area contributed by atoms with Crippen molar-refractivity contribution < 1.29 is 19.1 Å². The molecule has 0 spiro atoms. The molecule has 36 heavy (non-hydrogen) atoms. The van der Waals surface area contributed by atoms with Gasteiger partial charge in [0.05, 0.1) is 22.8 Å². The van der Waals surface area contributed by atoms with Crippen molar-refractivity contribution in [2.75, 3.05) is 23.4 Å². The van der Waals surface area contributed by atoms with Crippen molar-refractivity contribution in [3.8, 4) is 5.75 Å². The van der Waals surface area contributed by atoms with Gasteiger partial charge in [-0.3, -0.25) is 24.2 Å². The third kappa shape index (κ3) is 4.65. The highest BCUT2D eigenvalue weighted by Crippen LogP contribution is 2.45. The molecule has 2 aromatic carbocycles. The third-order valence-corrected chi connectivity index (χ3v) is 8.04. The Bertz CT molecular complexity index is 1250. The van der Waals surface area contributed by atoms with E-state index in [-0.39, 0.29) is 30.3 Å². The SMILES string of the molecule is CCOc1ccc(NC(=O)CN2C(=O)C(=C3SC(=S)N(C4CCCCC4)C3=O)c3ccccc32)cc1. The number of anilines is 2. The van der Waals surface area contributed by atoms with E-state index in [2.05, 4.69) is 5.32 Å². The summed E-state index contributed by atoms with van der Waals surface area (Å²) >= 11 is 6.78. The van der Waals surface area contributed by atoms with Crippen molar-refractivity contribution in [1.29, 1.82) is 0 Å². The standard InChI is InChI=1S/C27H27N3O4S2/c1-2-34-19-14-12-17(13-15-19)28-22(31)16-29-21-11-7-6-10-20(21)23(25(29)32)24-26(33)30(27(35)36-24)18-8-4-3-5-9-18/h6-7,10-15,18H,2-5,8-9,16H2,1H3,(H,28,31). The van der Waals surface area contributed by atoms with E-state index in [4.69, 9.17) is 17.0 Å². The number of benzene rings is 2. The van der Waals surface area contributed by atoms with Crippen LogP contribution in [0.3, 0.4) is 0 Å². The van der Waals surface area contributed by atoms with Crippen molar-refractivity contribution in [3.05, 3.63) is 59.0 Å². The minimum Gasteiger partial charge on any atom is -0.494 e. The maximum absolute atomic E-state index is 13.6. The molecule has 3 aliphatic rings. The molecular formula is C27H27N3O4S2. The molecule has 186 valence electrons. The van der Waals surface area contributed by atoms with Crippen LogP contribution in [0.25, 0.3) is 5.57 Å². The van der Waals surface area contributed by atoms with Crippen LogP contribution in [0.15, 0.2) is 53.4 Å². The first-order valence-corrected chi connectivity index (χ1v) is 13.4. The van der Waals surface area contributed by atoms with Gasteiger partial charge in [0, 0.05) is 17.3 Å². The van der Waals surface area contributed by atoms with E-state index in [1.807, 2.05) is 25.1 Å². The number of thioether (sulfide) groups is 1. The van der Waals surface area contributed by atoms with Crippen LogP contribution in [0.5, 0.6) is 5.75 Å². The lowest BCUT2D eigenvalue weighted by atomic mass is 9.94. The Labute approximate surface area is 219 Å². The van der Waals surface area contributed by atoms with E-state index in [9.17, 15) is 14.4 Å². The Morgan fingerprint density at radius 1 is 1.06 bits per heavy atom. The Kier molecular flexibility index (Phi) is 7.11. The number of nitrogens with one attached hydrogen (secondary N) is 1. The van der Waals surface area contributed by atoms with Gasteiger partial charge in [-0.05, 0) is 50.1 Å². The number of para-hydroxylation sites is 1. The summed E-state index contributed by atoms with van der Waals surface area (Å²) in [7, 11) is 0. The van der Waals surface area contributed by atoms with E-state index in [1.165, 1.54) is 23.1 Å². The zero-order chi connectivity index (χ0) is 25.2. The average molecular weight is 522 g/mol. The van der Waals surface area contributed by atoms with Gasteiger partial charge < -0.3 is 10.1 Å². The molecule has 5 rings (SSSR count). The summed E-state index contributed by atoms with van der Waals surface area (Å²) in [5, 5.41) is 2.83. The first kappa shape index (κ1) is 24.5. The predicted molar refractivity (Wildman–Crippen MR) is 146 cm³/mol. The van der Waals surface area contributed by atoms with Crippen LogP contribution in [-0.2, 0) is 14.4 Å². The molecular weight excluding hydrogens is 494 g/mol. The van der Waals surface area contributed by atoms with Crippen molar-refractivity contribution in [2.45, 2.75) is 45.1 Å². The summed E-state index contributed by atoms with van der Waals surface area (Å²) in [4.78, 5) is 43.5. The molecule has 1 saturated heterocycles. The number of nitrogens with zero attached hydrogens (tertiary/aromatic N) is 2. The third-order valence-electron chi connectivity index (χ3n) is 6.64. The van der Waals surface area contributed by atoms with Gasteiger partial charge >= 0.3 is 0 Å². The topological polar surface area (TPSA) is 79.0 Å². The monoisotopic (exact) mass is 521 g/mol. The molecule has 1 aliphatic carbocycles. The Morgan fingerprint density at radius 2 is 1.78 bits per heavy atom. The highest BCUT2D eigenvalue weighted by atomic mass is 32.2. The van der Waals surface area contributed by atoms with Crippen LogP contribution < -0.4 is 15.0 Å².